The van der Waals surface area contributed by atoms with E-state index in [1.54, 1.807) is 0 Å². The zero-order chi connectivity index (χ0) is 16.4. The third-order valence-electron chi connectivity index (χ3n) is 2.11. The first-order valence-electron chi connectivity index (χ1n) is 4.96. The molecular formula is C10H9FO6S4. The van der Waals surface area contributed by atoms with Gasteiger partial charge in [0.05, 0.1) is 4.90 Å². The van der Waals surface area contributed by atoms with Crippen molar-refractivity contribution in [1.29, 1.82) is 0 Å². The van der Waals surface area contributed by atoms with E-state index in [0.717, 1.165) is 18.2 Å². The van der Waals surface area contributed by atoms with E-state index in [0.29, 0.717) is 10.8 Å². The molecule has 0 aromatic heterocycles. The minimum atomic E-state index is -4.44. The first kappa shape index (κ1) is 17.9. The van der Waals surface area contributed by atoms with Crippen molar-refractivity contribution in [2.75, 3.05) is 0 Å². The maximum Gasteiger partial charge on any atom is 0.254 e. The molecule has 0 radical (unpaired) electrons. The molecule has 116 valence electrons. The number of hydrogen-bond acceptors (Lipinski definition) is 6. The van der Waals surface area contributed by atoms with Gasteiger partial charge in [-0.1, -0.05) is 19.2 Å². The lowest BCUT2D eigenvalue weighted by Gasteiger charge is -2.08. The zero-order valence-electron chi connectivity index (χ0n) is 10.3. The molecule has 0 spiro atoms. The molecule has 0 saturated heterocycles. The Bertz CT molecular complexity index is 854. The van der Waals surface area contributed by atoms with E-state index >= 15 is 0 Å². The maximum atomic E-state index is 13.8. The van der Waals surface area contributed by atoms with Crippen molar-refractivity contribution >= 4 is 37.4 Å². The molecule has 1 aromatic carbocycles. The molecule has 2 atom stereocenters. The van der Waals surface area contributed by atoms with Crippen molar-refractivity contribution < 1.29 is 29.6 Å². The van der Waals surface area contributed by atoms with Gasteiger partial charge in [-0.2, -0.15) is 0 Å². The summed E-state index contributed by atoms with van der Waals surface area (Å²) >= 11 is 0. The second kappa shape index (κ2) is 6.30. The maximum absolute atomic E-state index is 13.8. The highest BCUT2D eigenvalue weighted by Gasteiger charge is 2.30. The Hall–Kier alpha value is -1.17. The van der Waals surface area contributed by atoms with E-state index in [9.17, 15) is 29.6 Å². The minimum absolute atomic E-state index is 0.338. The second-order valence-corrected chi connectivity index (χ2v) is 12.4. The predicted molar refractivity (Wildman–Crippen MR) is 77.5 cm³/mol. The number of rotatable bonds is 6. The quantitative estimate of drug-likeness (QED) is 0.690. The van der Waals surface area contributed by atoms with Crippen LogP contribution in [0.25, 0.3) is 0 Å². The topological polar surface area (TPSA) is 102 Å². The normalized spacial score (nSPS) is 15.1. The summed E-state index contributed by atoms with van der Waals surface area (Å²) in [6.07, 6.45) is 0. The molecule has 0 bridgehead atoms. The Balaban J connectivity index is 3.71. The lowest BCUT2D eigenvalue weighted by atomic mass is 10.3. The van der Waals surface area contributed by atoms with Crippen molar-refractivity contribution in [3.8, 4) is 0 Å². The van der Waals surface area contributed by atoms with Crippen molar-refractivity contribution in [1.82, 2.24) is 0 Å². The van der Waals surface area contributed by atoms with Crippen molar-refractivity contribution in [3.05, 3.63) is 48.0 Å². The third kappa shape index (κ3) is 3.54. The molecule has 0 N–H and O–H groups in total. The molecule has 1 aromatic rings. The summed E-state index contributed by atoms with van der Waals surface area (Å²) in [6.45, 7) is 5.89. The molecular weight excluding hydrogens is 363 g/mol. The highest BCUT2D eigenvalue weighted by atomic mass is 33.2. The van der Waals surface area contributed by atoms with Crippen LogP contribution in [0.1, 0.15) is 0 Å². The van der Waals surface area contributed by atoms with Gasteiger partial charge >= 0.3 is 0 Å². The molecule has 0 heterocycles. The fourth-order valence-electron chi connectivity index (χ4n) is 1.15. The van der Waals surface area contributed by atoms with Gasteiger partial charge in [0.15, 0.2) is 19.7 Å². The SMILES string of the molecule is C=CS(=O)(=O)S(=O)c1cccc(F)c1S(=O)S(=O)(=O)C=C. The zero-order valence-corrected chi connectivity index (χ0v) is 13.5. The van der Waals surface area contributed by atoms with Gasteiger partial charge in [0.25, 0.3) is 17.7 Å². The van der Waals surface area contributed by atoms with Crippen LogP contribution in [0.15, 0.2) is 52.0 Å². The third-order valence-corrected chi connectivity index (χ3v) is 9.73. The Morgan fingerprint density at radius 1 is 0.952 bits per heavy atom. The van der Waals surface area contributed by atoms with Crippen LogP contribution in [0.2, 0.25) is 0 Å². The van der Waals surface area contributed by atoms with Gasteiger partial charge in [-0.3, -0.25) is 0 Å². The van der Waals surface area contributed by atoms with Gasteiger partial charge in [-0.05, 0) is 12.1 Å². The Kier molecular flexibility index (Phi) is 5.36. The molecule has 2 unspecified atom stereocenters. The van der Waals surface area contributed by atoms with E-state index in [1.165, 1.54) is 0 Å². The smallest absolute Gasteiger partial charge is 0.237 e. The summed E-state index contributed by atoms with van der Waals surface area (Å²) in [5.74, 6) is -1.26. The average molecular weight is 372 g/mol. The van der Waals surface area contributed by atoms with Crippen LogP contribution in [0.4, 0.5) is 4.39 Å². The second-order valence-electron chi connectivity index (χ2n) is 3.36. The summed E-state index contributed by atoms with van der Waals surface area (Å²) in [5, 5.41) is 0.715. The molecule has 11 heteroatoms. The number of halogens is 1. The standard InChI is InChI=1S/C10H9FO6S4/c1-3-20(14,15)18(12)9-7-5-6-8(11)10(9)19(13)21(16,17)4-2/h3-7H,1-2H2. The summed E-state index contributed by atoms with van der Waals surface area (Å²) in [7, 11) is -14.6. The van der Waals surface area contributed by atoms with Crippen LogP contribution >= 0.6 is 0 Å². The average Bonchev–Trinajstić information content (AvgIpc) is 2.45. The van der Waals surface area contributed by atoms with Crippen molar-refractivity contribution in [2.24, 2.45) is 0 Å². The highest BCUT2D eigenvalue weighted by Crippen LogP contribution is 2.27. The van der Waals surface area contributed by atoms with Crippen LogP contribution in [0.3, 0.4) is 0 Å². The summed E-state index contributed by atoms with van der Waals surface area (Å²) in [4.78, 5) is -1.71. The van der Waals surface area contributed by atoms with Gasteiger partial charge in [0, 0.05) is 10.8 Å². The summed E-state index contributed by atoms with van der Waals surface area (Å²) < 4.78 is 83.6. The van der Waals surface area contributed by atoms with E-state index < -0.39 is 53.0 Å². The Morgan fingerprint density at radius 3 is 1.90 bits per heavy atom. The number of benzene rings is 1. The fraction of sp³-hybridized carbons (Fsp3) is 0. The molecule has 0 saturated carbocycles. The molecule has 0 aliphatic rings. The largest absolute Gasteiger partial charge is 0.254 e. The van der Waals surface area contributed by atoms with Crippen molar-refractivity contribution in [3.63, 3.8) is 0 Å². The molecule has 0 aliphatic carbocycles. The van der Waals surface area contributed by atoms with Crippen molar-refractivity contribution in [2.45, 2.75) is 9.79 Å². The molecule has 6 nitrogen and oxygen atoms in total. The van der Waals surface area contributed by atoms with Crippen LogP contribution in [-0.2, 0) is 37.4 Å². The lowest BCUT2D eigenvalue weighted by molar-refractivity contribution is 0.583. The Morgan fingerprint density at radius 2 is 1.43 bits per heavy atom. The monoisotopic (exact) mass is 372 g/mol. The molecule has 21 heavy (non-hydrogen) atoms. The molecule has 0 aliphatic heterocycles. The summed E-state index contributed by atoms with van der Waals surface area (Å²) in [6, 6.07) is 2.70. The van der Waals surface area contributed by atoms with Gasteiger partial charge in [0.2, 0.25) is 0 Å². The molecule has 1 rings (SSSR count). The van der Waals surface area contributed by atoms with Crippen LogP contribution < -0.4 is 0 Å². The molecule has 0 fully saturated rings. The summed E-state index contributed by atoms with van der Waals surface area (Å²) in [5.41, 5.74) is 0. The highest BCUT2D eigenvalue weighted by molar-refractivity contribution is 8.66. The van der Waals surface area contributed by atoms with Crippen LogP contribution in [0, 0.1) is 5.82 Å². The molecule has 0 amide bonds. The fourth-order valence-corrected chi connectivity index (χ4v) is 6.66. The van der Waals surface area contributed by atoms with E-state index in [1.807, 2.05) is 0 Å². The predicted octanol–water partition coefficient (Wildman–Crippen LogP) is 0.988. The van der Waals surface area contributed by atoms with Gasteiger partial charge < -0.3 is 0 Å². The Labute approximate surface area is 124 Å². The van der Waals surface area contributed by atoms with E-state index in [4.69, 9.17) is 0 Å². The lowest BCUT2D eigenvalue weighted by Crippen LogP contribution is -2.13. The van der Waals surface area contributed by atoms with E-state index in [-0.39, 0.29) is 0 Å². The van der Waals surface area contributed by atoms with E-state index in [2.05, 4.69) is 13.2 Å². The van der Waals surface area contributed by atoms with Gasteiger partial charge in [-0.15, -0.1) is 0 Å². The minimum Gasteiger partial charge on any atom is -0.237 e. The first-order chi connectivity index (χ1) is 9.58. The van der Waals surface area contributed by atoms with Crippen LogP contribution in [-0.4, -0.2) is 25.3 Å². The number of hydrogen-bond donors (Lipinski definition) is 0. The van der Waals surface area contributed by atoms with Crippen LogP contribution in [0.5, 0.6) is 0 Å². The van der Waals surface area contributed by atoms with Gasteiger partial charge in [-0.25, -0.2) is 29.6 Å². The first-order valence-corrected chi connectivity index (χ1v) is 11.4. The van der Waals surface area contributed by atoms with Gasteiger partial charge in [0.1, 0.15) is 10.7 Å².